The van der Waals surface area contributed by atoms with Crippen LogP contribution < -0.4 is 10.1 Å². The number of rotatable bonds is 6. The summed E-state index contributed by atoms with van der Waals surface area (Å²) in [5, 5.41) is 12.4. The van der Waals surface area contributed by atoms with E-state index in [1.165, 1.54) is 5.56 Å². The van der Waals surface area contributed by atoms with Crippen molar-refractivity contribution in [2.75, 3.05) is 20.3 Å². The van der Waals surface area contributed by atoms with Crippen LogP contribution in [0.5, 0.6) is 5.75 Å². The summed E-state index contributed by atoms with van der Waals surface area (Å²) in [6.07, 6.45) is 0. The highest BCUT2D eigenvalue weighted by Gasteiger charge is 2.12. The topological polar surface area (TPSA) is 41.5 Å². The first-order valence-corrected chi connectivity index (χ1v) is 6.07. The van der Waals surface area contributed by atoms with Gasteiger partial charge in [-0.2, -0.15) is 0 Å². The largest absolute Gasteiger partial charge is 0.496 e. The van der Waals surface area contributed by atoms with Crippen LogP contribution in [0, 0.1) is 12.8 Å². The van der Waals surface area contributed by atoms with E-state index in [1.54, 1.807) is 7.11 Å². The molecule has 0 radical (unpaired) electrons. The summed E-state index contributed by atoms with van der Waals surface area (Å²) in [7, 11) is 1.69. The molecule has 0 heterocycles. The third-order valence-corrected chi connectivity index (χ3v) is 2.94. The Bertz CT molecular complexity index is 352. The van der Waals surface area contributed by atoms with E-state index in [-0.39, 0.29) is 18.6 Å². The molecule has 2 unspecified atom stereocenters. The molecule has 0 bridgehead atoms. The lowest BCUT2D eigenvalue weighted by atomic mass is 10.0. The maximum atomic E-state index is 9.00. The predicted octanol–water partition coefficient (Wildman–Crippen LogP) is 2.28. The molecule has 0 fully saturated rings. The van der Waals surface area contributed by atoms with Gasteiger partial charge in [-0.1, -0.05) is 24.6 Å². The Balaban J connectivity index is 2.73. The minimum absolute atomic E-state index is 0.213. The van der Waals surface area contributed by atoms with Gasteiger partial charge < -0.3 is 15.2 Å². The van der Waals surface area contributed by atoms with Crippen LogP contribution >= 0.6 is 0 Å². The first-order valence-electron chi connectivity index (χ1n) is 6.07. The SMILES string of the molecule is COc1ccc(C)cc1C(C)NCC(C)CO. The van der Waals surface area contributed by atoms with Crippen LogP contribution in [0.2, 0.25) is 0 Å². The highest BCUT2D eigenvalue weighted by molar-refractivity contribution is 5.38. The van der Waals surface area contributed by atoms with Crippen molar-refractivity contribution in [3.63, 3.8) is 0 Å². The summed E-state index contributed by atoms with van der Waals surface area (Å²) in [6.45, 7) is 7.22. The smallest absolute Gasteiger partial charge is 0.123 e. The number of nitrogens with one attached hydrogen (secondary N) is 1. The van der Waals surface area contributed by atoms with Gasteiger partial charge in [-0.15, -0.1) is 0 Å². The zero-order chi connectivity index (χ0) is 12.8. The predicted molar refractivity (Wildman–Crippen MR) is 70.4 cm³/mol. The molecule has 96 valence electrons. The second-order valence-electron chi connectivity index (χ2n) is 4.66. The standard InChI is InChI=1S/C14H23NO2/c1-10-5-6-14(17-4)13(7-10)12(3)15-8-11(2)9-16/h5-7,11-12,15-16H,8-9H2,1-4H3. The van der Waals surface area contributed by atoms with Crippen LogP contribution in [0.3, 0.4) is 0 Å². The Hall–Kier alpha value is -1.06. The molecule has 0 amide bonds. The fraction of sp³-hybridized carbons (Fsp3) is 0.571. The lowest BCUT2D eigenvalue weighted by Crippen LogP contribution is -2.26. The number of aliphatic hydroxyl groups excluding tert-OH is 1. The van der Waals surface area contributed by atoms with Gasteiger partial charge in [0.25, 0.3) is 0 Å². The second-order valence-corrected chi connectivity index (χ2v) is 4.66. The second kappa shape index (κ2) is 6.62. The third kappa shape index (κ3) is 4.02. The molecule has 3 heteroatoms. The summed E-state index contributed by atoms with van der Waals surface area (Å²) in [5.41, 5.74) is 2.39. The molecule has 0 aliphatic heterocycles. The maximum Gasteiger partial charge on any atom is 0.123 e. The van der Waals surface area contributed by atoms with E-state index >= 15 is 0 Å². The van der Waals surface area contributed by atoms with Gasteiger partial charge >= 0.3 is 0 Å². The summed E-state index contributed by atoms with van der Waals surface area (Å²) in [5.74, 6) is 1.18. The molecule has 3 nitrogen and oxygen atoms in total. The molecule has 0 saturated heterocycles. The number of ether oxygens (including phenoxy) is 1. The van der Waals surface area contributed by atoms with E-state index in [0.717, 1.165) is 17.9 Å². The zero-order valence-corrected chi connectivity index (χ0v) is 11.2. The van der Waals surface area contributed by atoms with Crippen LogP contribution in [0.25, 0.3) is 0 Å². The van der Waals surface area contributed by atoms with E-state index < -0.39 is 0 Å². The Morgan fingerprint density at radius 2 is 2.06 bits per heavy atom. The van der Waals surface area contributed by atoms with Gasteiger partial charge in [0.15, 0.2) is 0 Å². The molecule has 0 aliphatic rings. The van der Waals surface area contributed by atoms with Crippen LogP contribution in [0.4, 0.5) is 0 Å². The van der Waals surface area contributed by atoms with Gasteiger partial charge in [0.05, 0.1) is 7.11 Å². The van der Waals surface area contributed by atoms with Crippen LogP contribution in [-0.2, 0) is 0 Å². The van der Waals surface area contributed by atoms with Gasteiger partial charge in [-0.05, 0) is 25.8 Å². The fourth-order valence-electron chi connectivity index (χ4n) is 1.74. The number of hydrogen-bond acceptors (Lipinski definition) is 3. The van der Waals surface area contributed by atoms with Crippen molar-refractivity contribution >= 4 is 0 Å². The van der Waals surface area contributed by atoms with Crippen LogP contribution in [0.1, 0.15) is 31.0 Å². The summed E-state index contributed by atoms with van der Waals surface area (Å²) >= 11 is 0. The highest BCUT2D eigenvalue weighted by Crippen LogP contribution is 2.25. The van der Waals surface area contributed by atoms with Crippen molar-refractivity contribution in [3.05, 3.63) is 29.3 Å². The van der Waals surface area contributed by atoms with Gasteiger partial charge in [-0.3, -0.25) is 0 Å². The molecule has 1 aromatic rings. The summed E-state index contributed by atoms with van der Waals surface area (Å²) in [6, 6.07) is 6.41. The van der Waals surface area contributed by atoms with Gasteiger partial charge in [-0.25, -0.2) is 0 Å². The van der Waals surface area contributed by atoms with Crippen molar-refractivity contribution in [2.45, 2.75) is 26.8 Å². The number of benzene rings is 1. The van der Waals surface area contributed by atoms with E-state index in [0.29, 0.717) is 0 Å². The molecule has 0 saturated carbocycles. The van der Waals surface area contributed by atoms with Crippen molar-refractivity contribution < 1.29 is 9.84 Å². The van der Waals surface area contributed by atoms with E-state index in [9.17, 15) is 0 Å². The molecule has 2 atom stereocenters. The zero-order valence-electron chi connectivity index (χ0n) is 11.2. The number of methoxy groups -OCH3 is 1. The quantitative estimate of drug-likeness (QED) is 0.797. The molecular weight excluding hydrogens is 214 g/mol. The van der Waals surface area contributed by atoms with Crippen molar-refractivity contribution in [1.29, 1.82) is 0 Å². The minimum atomic E-state index is 0.213. The number of aryl methyl sites for hydroxylation is 1. The van der Waals surface area contributed by atoms with Crippen LogP contribution in [0.15, 0.2) is 18.2 Å². The Morgan fingerprint density at radius 1 is 1.35 bits per heavy atom. The lowest BCUT2D eigenvalue weighted by Gasteiger charge is -2.19. The molecule has 1 rings (SSSR count). The average molecular weight is 237 g/mol. The Kier molecular flexibility index (Phi) is 5.45. The van der Waals surface area contributed by atoms with Crippen molar-refractivity contribution in [3.8, 4) is 5.75 Å². The summed E-state index contributed by atoms with van der Waals surface area (Å²) < 4.78 is 5.37. The van der Waals surface area contributed by atoms with Gasteiger partial charge in [0.2, 0.25) is 0 Å². The van der Waals surface area contributed by atoms with Gasteiger partial charge in [0, 0.05) is 24.8 Å². The molecular formula is C14H23NO2. The first kappa shape index (κ1) is 14.0. The monoisotopic (exact) mass is 237 g/mol. The average Bonchev–Trinajstić information content (AvgIpc) is 2.35. The molecule has 2 N–H and O–H groups in total. The number of hydrogen-bond donors (Lipinski definition) is 2. The third-order valence-electron chi connectivity index (χ3n) is 2.94. The van der Waals surface area contributed by atoms with E-state index in [2.05, 4.69) is 25.2 Å². The molecule has 0 spiro atoms. The highest BCUT2D eigenvalue weighted by atomic mass is 16.5. The normalized spacial score (nSPS) is 14.4. The Labute approximate surface area is 104 Å². The fourth-order valence-corrected chi connectivity index (χ4v) is 1.74. The van der Waals surface area contributed by atoms with Gasteiger partial charge in [0.1, 0.15) is 5.75 Å². The molecule has 0 aliphatic carbocycles. The molecule has 1 aromatic carbocycles. The minimum Gasteiger partial charge on any atom is -0.496 e. The number of aliphatic hydroxyl groups is 1. The van der Waals surface area contributed by atoms with Crippen molar-refractivity contribution in [2.24, 2.45) is 5.92 Å². The molecule has 17 heavy (non-hydrogen) atoms. The summed E-state index contributed by atoms with van der Waals surface area (Å²) in [4.78, 5) is 0. The maximum absolute atomic E-state index is 9.00. The van der Waals surface area contributed by atoms with E-state index in [4.69, 9.17) is 9.84 Å². The lowest BCUT2D eigenvalue weighted by molar-refractivity contribution is 0.230. The van der Waals surface area contributed by atoms with Crippen LogP contribution in [-0.4, -0.2) is 25.4 Å². The molecule has 0 aromatic heterocycles. The van der Waals surface area contributed by atoms with E-state index in [1.807, 2.05) is 19.1 Å². The first-order chi connectivity index (χ1) is 8.08. The Morgan fingerprint density at radius 3 is 2.65 bits per heavy atom. The van der Waals surface area contributed by atoms with Crippen molar-refractivity contribution in [1.82, 2.24) is 5.32 Å².